The van der Waals surface area contributed by atoms with Crippen LogP contribution in [-0.2, 0) is 20.8 Å². The molecule has 5 nitrogen and oxygen atoms in total. The Labute approximate surface area is 149 Å². The first-order valence-electron chi connectivity index (χ1n) is 9.55. The standard InChI is InChI=1S/C18H36O5S/c1-2-3-4-5-8-11-14-17(24(21)22)15-12-9-6-7-10-13-16-18(19)23-20/h17,20H,2-16H2,1H3,(H,21,22). The van der Waals surface area contributed by atoms with Crippen LogP contribution in [0.5, 0.6) is 0 Å². The Kier molecular flexibility index (Phi) is 17.0. The van der Waals surface area contributed by atoms with E-state index < -0.39 is 17.0 Å². The molecule has 2 N–H and O–H groups in total. The minimum atomic E-state index is -1.70. The van der Waals surface area contributed by atoms with Crippen molar-refractivity contribution in [3.63, 3.8) is 0 Å². The van der Waals surface area contributed by atoms with E-state index in [4.69, 9.17) is 5.26 Å². The van der Waals surface area contributed by atoms with Crippen LogP contribution in [0.15, 0.2) is 0 Å². The van der Waals surface area contributed by atoms with Gasteiger partial charge in [-0.2, -0.15) is 5.26 Å². The predicted molar refractivity (Wildman–Crippen MR) is 98.2 cm³/mol. The maximum atomic E-state index is 11.4. The normalized spacial score (nSPS) is 13.6. The summed E-state index contributed by atoms with van der Waals surface area (Å²) in [6, 6.07) is 0. The molecule has 0 saturated carbocycles. The molecule has 0 aliphatic heterocycles. The Hall–Kier alpha value is -0.460. The minimum absolute atomic E-state index is 0.0736. The topological polar surface area (TPSA) is 83.8 Å². The lowest BCUT2D eigenvalue weighted by molar-refractivity contribution is -0.234. The molecular weight excluding hydrogens is 328 g/mol. The lowest BCUT2D eigenvalue weighted by Crippen LogP contribution is -2.14. The van der Waals surface area contributed by atoms with Crippen molar-refractivity contribution >= 4 is 17.0 Å². The second-order valence-electron chi connectivity index (χ2n) is 6.58. The van der Waals surface area contributed by atoms with Crippen molar-refractivity contribution in [2.45, 2.75) is 108 Å². The minimum Gasteiger partial charge on any atom is -0.306 e. The average Bonchev–Trinajstić information content (AvgIpc) is 2.57. The SMILES string of the molecule is CCCCCCCCC(CCCCCCCCC(=O)OO)S(=O)O. The van der Waals surface area contributed by atoms with Gasteiger partial charge < -0.3 is 9.44 Å². The van der Waals surface area contributed by atoms with Crippen LogP contribution >= 0.6 is 0 Å². The first-order chi connectivity index (χ1) is 11.6. The Bertz CT molecular complexity index is 323. The lowest BCUT2D eigenvalue weighted by atomic mass is 10.0. The van der Waals surface area contributed by atoms with Gasteiger partial charge in [-0.3, -0.25) is 0 Å². The van der Waals surface area contributed by atoms with Gasteiger partial charge in [0.15, 0.2) is 11.1 Å². The summed E-state index contributed by atoms with van der Waals surface area (Å²) in [6.07, 6.45) is 15.1. The fourth-order valence-electron chi connectivity index (χ4n) is 2.89. The highest BCUT2D eigenvalue weighted by Gasteiger charge is 2.14. The molecule has 0 aliphatic rings. The molecule has 0 aromatic carbocycles. The van der Waals surface area contributed by atoms with Gasteiger partial charge in [0, 0.05) is 6.42 Å². The highest BCUT2D eigenvalue weighted by Crippen LogP contribution is 2.17. The highest BCUT2D eigenvalue weighted by molar-refractivity contribution is 7.79. The molecule has 0 aromatic heterocycles. The maximum Gasteiger partial charge on any atom is 0.342 e. The van der Waals surface area contributed by atoms with Gasteiger partial charge in [-0.15, -0.1) is 0 Å². The van der Waals surface area contributed by atoms with E-state index in [-0.39, 0.29) is 11.7 Å². The van der Waals surface area contributed by atoms with E-state index in [1.165, 1.54) is 32.1 Å². The quantitative estimate of drug-likeness (QED) is 0.155. The van der Waals surface area contributed by atoms with Gasteiger partial charge in [-0.25, -0.2) is 9.00 Å². The fraction of sp³-hybridized carbons (Fsp3) is 0.944. The lowest BCUT2D eigenvalue weighted by Gasteiger charge is -2.12. The Morgan fingerprint density at radius 1 is 0.875 bits per heavy atom. The number of carbonyl (C=O) groups excluding carboxylic acids is 1. The predicted octanol–water partition coefficient (Wildman–Crippen LogP) is 5.46. The van der Waals surface area contributed by atoms with Gasteiger partial charge in [-0.05, 0) is 19.3 Å². The maximum absolute atomic E-state index is 11.4. The molecule has 0 radical (unpaired) electrons. The molecule has 0 bridgehead atoms. The van der Waals surface area contributed by atoms with Gasteiger partial charge in [0.25, 0.3) is 0 Å². The van der Waals surface area contributed by atoms with E-state index >= 15 is 0 Å². The molecule has 0 heterocycles. The fourth-order valence-corrected chi connectivity index (χ4v) is 3.63. The first kappa shape index (κ1) is 23.5. The second kappa shape index (κ2) is 17.4. The molecule has 0 aromatic rings. The summed E-state index contributed by atoms with van der Waals surface area (Å²) >= 11 is -1.70. The zero-order chi connectivity index (χ0) is 18.0. The average molecular weight is 365 g/mol. The number of unbranched alkanes of at least 4 members (excludes halogenated alkanes) is 10. The van der Waals surface area contributed by atoms with E-state index in [9.17, 15) is 13.6 Å². The zero-order valence-corrected chi connectivity index (χ0v) is 16.0. The van der Waals surface area contributed by atoms with E-state index in [2.05, 4.69) is 11.8 Å². The first-order valence-corrected chi connectivity index (χ1v) is 10.7. The van der Waals surface area contributed by atoms with E-state index in [1.807, 2.05) is 0 Å². The van der Waals surface area contributed by atoms with Gasteiger partial charge in [0.1, 0.15) is 0 Å². The van der Waals surface area contributed by atoms with Crippen molar-refractivity contribution in [2.24, 2.45) is 0 Å². The summed E-state index contributed by atoms with van der Waals surface area (Å²) in [5.74, 6) is -0.571. The molecule has 144 valence electrons. The summed E-state index contributed by atoms with van der Waals surface area (Å²) in [6.45, 7) is 2.20. The number of rotatable bonds is 17. The monoisotopic (exact) mass is 364 g/mol. The molecule has 0 aliphatic carbocycles. The Morgan fingerprint density at radius 3 is 1.79 bits per heavy atom. The summed E-state index contributed by atoms with van der Waals surface area (Å²) in [7, 11) is 0. The molecule has 0 spiro atoms. The number of hydrogen-bond acceptors (Lipinski definition) is 4. The second-order valence-corrected chi connectivity index (χ2v) is 7.80. The summed E-state index contributed by atoms with van der Waals surface area (Å²) in [5.41, 5.74) is 0. The van der Waals surface area contributed by atoms with Gasteiger partial charge in [0.05, 0.1) is 5.25 Å². The van der Waals surface area contributed by atoms with Crippen LogP contribution in [0.3, 0.4) is 0 Å². The molecular formula is C18H36O5S. The molecule has 2 unspecified atom stereocenters. The van der Waals surface area contributed by atoms with E-state index in [0.717, 1.165) is 57.8 Å². The molecule has 6 heteroatoms. The molecule has 0 fully saturated rings. The van der Waals surface area contributed by atoms with Crippen molar-refractivity contribution in [1.82, 2.24) is 0 Å². The summed E-state index contributed by atoms with van der Waals surface area (Å²) in [4.78, 5) is 14.3. The largest absolute Gasteiger partial charge is 0.342 e. The summed E-state index contributed by atoms with van der Waals surface area (Å²) < 4.78 is 20.8. The van der Waals surface area contributed by atoms with Crippen molar-refractivity contribution < 1.29 is 23.7 Å². The number of carbonyl (C=O) groups is 1. The van der Waals surface area contributed by atoms with Crippen molar-refractivity contribution in [2.75, 3.05) is 0 Å². The van der Waals surface area contributed by atoms with Crippen molar-refractivity contribution in [3.8, 4) is 0 Å². The van der Waals surface area contributed by atoms with Crippen molar-refractivity contribution in [1.29, 1.82) is 0 Å². The van der Waals surface area contributed by atoms with Crippen LogP contribution < -0.4 is 0 Å². The van der Waals surface area contributed by atoms with Crippen molar-refractivity contribution in [3.05, 3.63) is 0 Å². The van der Waals surface area contributed by atoms with E-state index in [1.54, 1.807) is 0 Å². The van der Waals surface area contributed by atoms with E-state index in [0.29, 0.717) is 0 Å². The van der Waals surface area contributed by atoms with Crippen LogP contribution in [0, 0.1) is 0 Å². The molecule has 2 atom stereocenters. The van der Waals surface area contributed by atoms with Gasteiger partial charge >= 0.3 is 5.97 Å². The molecule has 24 heavy (non-hydrogen) atoms. The van der Waals surface area contributed by atoms with Crippen LogP contribution in [-0.4, -0.2) is 25.2 Å². The molecule has 0 amide bonds. The zero-order valence-electron chi connectivity index (χ0n) is 15.2. The third kappa shape index (κ3) is 15.1. The summed E-state index contributed by atoms with van der Waals surface area (Å²) in [5, 5.41) is 8.05. The van der Waals surface area contributed by atoms with Gasteiger partial charge in [-0.1, -0.05) is 77.6 Å². The van der Waals surface area contributed by atoms with Crippen LogP contribution in [0.4, 0.5) is 0 Å². The number of hydrogen-bond donors (Lipinski definition) is 2. The Morgan fingerprint density at radius 2 is 1.33 bits per heavy atom. The van der Waals surface area contributed by atoms with Crippen LogP contribution in [0.1, 0.15) is 103 Å². The molecule has 0 saturated heterocycles. The molecule has 0 rings (SSSR count). The Balaban J connectivity index is 3.54. The van der Waals surface area contributed by atoms with Crippen LogP contribution in [0.2, 0.25) is 0 Å². The van der Waals surface area contributed by atoms with Crippen LogP contribution in [0.25, 0.3) is 0 Å². The smallest absolute Gasteiger partial charge is 0.306 e. The third-order valence-corrected chi connectivity index (χ3v) is 5.47. The van der Waals surface area contributed by atoms with Gasteiger partial charge in [0.2, 0.25) is 0 Å². The third-order valence-electron chi connectivity index (χ3n) is 4.42. The highest BCUT2D eigenvalue weighted by atomic mass is 32.2.